The van der Waals surface area contributed by atoms with Crippen molar-refractivity contribution in [2.24, 2.45) is 0 Å². The minimum Gasteiger partial charge on any atom is -0.350 e. The molecular weight excluding hydrogens is 569 g/mol. The summed E-state index contributed by atoms with van der Waals surface area (Å²) >= 11 is 12.4. The van der Waals surface area contributed by atoms with Crippen LogP contribution in [-0.2, 0) is 26.2 Å². The lowest BCUT2D eigenvalue weighted by Crippen LogP contribution is -2.54. The number of anilines is 1. The summed E-state index contributed by atoms with van der Waals surface area (Å²) in [5.41, 5.74) is 2.32. The molecule has 0 aromatic heterocycles. The first-order valence-electron chi connectivity index (χ1n) is 12.8. The first-order chi connectivity index (χ1) is 18.6. The minimum absolute atomic E-state index is 0.0148. The Morgan fingerprint density at radius 3 is 2.12 bits per heavy atom. The van der Waals surface area contributed by atoms with Gasteiger partial charge < -0.3 is 10.2 Å². The highest BCUT2D eigenvalue weighted by Gasteiger charge is 2.33. The fourth-order valence-corrected chi connectivity index (χ4v) is 5.73. The van der Waals surface area contributed by atoms with Crippen LogP contribution in [0.25, 0.3) is 0 Å². The van der Waals surface area contributed by atoms with Crippen molar-refractivity contribution in [3.63, 3.8) is 0 Å². The summed E-state index contributed by atoms with van der Waals surface area (Å²) < 4.78 is 28.8. The Morgan fingerprint density at radius 2 is 1.55 bits per heavy atom. The smallest absolute Gasteiger partial charge is 0.264 e. The standard InChI is InChI=1S/C30H35Cl2N3O4S/c1-20-11-14-25(15-12-20)40(38,39)35(24-13-16-26(31)27(32)17-24)19-28(36)34(18-23-10-8-7-9-21(23)2)22(3)29(37)33-30(4,5)6/h7-17,22H,18-19H2,1-6H3,(H,33,37). The Bertz CT molecular complexity index is 1490. The zero-order chi connectivity index (χ0) is 29.8. The number of hydrogen-bond acceptors (Lipinski definition) is 4. The van der Waals surface area contributed by atoms with Gasteiger partial charge in [0.05, 0.1) is 20.6 Å². The molecule has 0 saturated heterocycles. The largest absolute Gasteiger partial charge is 0.350 e. The van der Waals surface area contributed by atoms with Gasteiger partial charge in [-0.2, -0.15) is 0 Å². The van der Waals surface area contributed by atoms with Crippen molar-refractivity contribution in [2.75, 3.05) is 10.8 Å². The SMILES string of the molecule is Cc1ccc(S(=O)(=O)N(CC(=O)N(Cc2ccccc2C)C(C)C(=O)NC(C)(C)C)c2ccc(Cl)c(Cl)c2)cc1. The molecule has 0 aliphatic heterocycles. The van der Waals surface area contributed by atoms with E-state index < -0.39 is 34.1 Å². The van der Waals surface area contributed by atoms with E-state index in [1.54, 1.807) is 19.1 Å². The topological polar surface area (TPSA) is 86.8 Å². The van der Waals surface area contributed by atoms with Gasteiger partial charge in [-0.25, -0.2) is 8.42 Å². The van der Waals surface area contributed by atoms with Gasteiger partial charge in [-0.3, -0.25) is 13.9 Å². The average molecular weight is 605 g/mol. The van der Waals surface area contributed by atoms with Gasteiger partial charge in [-0.1, -0.05) is 65.2 Å². The Kier molecular flexibility index (Phi) is 9.93. The van der Waals surface area contributed by atoms with E-state index >= 15 is 0 Å². The van der Waals surface area contributed by atoms with Gasteiger partial charge in [0.15, 0.2) is 0 Å². The molecule has 10 heteroatoms. The lowest BCUT2D eigenvalue weighted by atomic mass is 10.1. The molecule has 0 aliphatic carbocycles. The van der Waals surface area contributed by atoms with Gasteiger partial charge in [0, 0.05) is 12.1 Å². The molecule has 0 aliphatic rings. The predicted molar refractivity (Wildman–Crippen MR) is 161 cm³/mol. The number of benzene rings is 3. The summed E-state index contributed by atoms with van der Waals surface area (Å²) in [4.78, 5) is 28.6. The summed E-state index contributed by atoms with van der Waals surface area (Å²) in [6.45, 7) is 10.5. The number of carbonyl (C=O) groups excluding carboxylic acids is 2. The maximum absolute atomic E-state index is 14.0. The fourth-order valence-electron chi connectivity index (χ4n) is 4.03. The van der Waals surface area contributed by atoms with E-state index in [0.29, 0.717) is 0 Å². The molecule has 3 aromatic rings. The molecule has 0 saturated carbocycles. The number of nitrogens with zero attached hydrogens (tertiary/aromatic N) is 2. The Morgan fingerprint density at radius 1 is 0.925 bits per heavy atom. The van der Waals surface area contributed by atoms with Crippen LogP contribution in [-0.4, -0.2) is 43.3 Å². The maximum Gasteiger partial charge on any atom is 0.264 e. The van der Waals surface area contributed by atoms with Crippen molar-refractivity contribution in [3.8, 4) is 0 Å². The molecule has 0 heterocycles. The Balaban J connectivity index is 2.08. The highest BCUT2D eigenvalue weighted by atomic mass is 35.5. The summed E-state index contributed by atoms with van der Waals surface area (Å²) in [5, 5.41) is 3.31. The van der Waals surface area contributed by atoms with Crippen LogP contribution in [0.4, 0.5) is 5.69 Å². The van der Waals surface area contributed by atoms with E-state index in [4.69, 9.17) is 23.2 Å². The predicted octanol–water partition coefficient (Wildman–Crippen LogP) is 6.14. The monoisotopic (exact) mass is 603 g/mol. The molecule has 0 fully saturated rings. The van der Waals surface area contributed by atoms with Crippen LogP contribution in [0, 0.1) is 13.8 Å². The zero-order valence-electron chi connectivity index (χ0n) is 23.5. The quantitative estimate of drug-likeness (QED) is 0.318. The van der Waals surface area contributed by atoms with Gasteiger partial charge in [-0.05, 0) is 83.0 Å². The molecule has 214 valence electrons. The molecule has 2 amide bonds. The Labute approximate surface area is 247 Å². The second-order valence-corrected chi connectivity index (χ2v) is 13.5. The fraction of sp³-hybridized carbons (Fsp3) is 0.333. The van der Waals surface area contributed by atoms with Crippen molar-refractivity contribution >= 4 is 50.7 Å². The van der Waals surface area contributed by atoms with Crippen LogP contribution >= 0.6 is 23.2 Å². The first-order valence-corrected chi connectivity index (χ1v) is 15.0. The third-order valence-corrected chi connectivity index (χ3v) is 8.87. The molecule has 7 nitrogen and oxygen atoms in total. The number of amides is 2. The molecule has 1 atom stereocenters. The summed E-state index contributed by atoms with van der Waals surface area (Å²) in [5.74, 6) is -0.904. The van der Waals surface area contributed by atoms with Crippen LogP contribution in [0.3, 0.4) is 0 Å². The summed E-state index contributed by atoms with van der Waals surface area (Å²) in [6, 6.07) is 17.4. The lowest BCUT2D eigenvalue weighted by Gasteiger charge is -2.33. The number of aryl methyl sites for hydroxylation is 2. The highest BCUT2D eigenvalue weighted by Crippen LogP contribution is 2.31. The summed E-state index contributed by atoms with van der Waals surface area (Å²) in [6.07, 6.45) is 0. The van der Waals surface area contributed by atoms with Gasteiger partial charge >= 0.3 is 0 Å². The summed E-state index contributed by atoms with van der Waals surface area (Å²) in [7, 11) is -4.20. The number of rotatable bonds is 9. The van der Waals surface area contributed by atoms with Crippen molar-refractivity contribution in [1.82, 2.24) is 10.2 Å². The molecule has 0 bridgehead atoms. The van der Waals surface area contributed by atoms with E-state index in [1.807, 2.05) is 58.9 Å². The second kappa shape index (κ2) is 12.6. The van der Waals surface area contributed by atoms with Gasteiger partial charge in [0.25, 0.3) is 10.0 Å². The molecule has 1 N–H and O–H groups in total. The third-order valence-electron chi connectivity index (χ3n) is 6.35. The van der Waals surface area contributed by atoms with E-state index in [0.717, 1.165) is 21.0 Å². The van der Waals surface area contributed by atoms with Gasteiger partial charge in [0.1, 0.15) is 12.6 Å². The van der Waals surface area contributed by atoms with Crippen LogP contribution in [0.2, 0.25) is 10.0 Å². The van der Waals surface area contributed by atoms with Crippen LogP contribution in [0.15, 0.2) is 71.6 Å². The van der Waals surface area contributed by atoms with E-state index in [2.05, 4.69) is 5.32 Å². The zero-order valence-corrected chi connectivity index (χ0v) is 25.9. The van der Waals surface area contributed by atoms with Crippen molar-refractivity contribution in [1.29, 1.82) is 0 Å². The van der Waals surface area contributed by atoms with Crippen LogP contribution in [0.1, 0.15) is 44.4 Å². The first kappa shape index (κ1) is 31.5. The number of hydrogen-bond donors (Lipinski definition) is 1. The van der Waals surface area contributed by atoms with Crippen LogP contribution < -0.4 is 9.62 Å². The molecule has 0 radical (unpaired) electrons. The maximum atomic E-state index is 14.0. The number of halogens is 2. The molecule has 0 spiro atoms. The third kappa shape index (κ3) is 7.77. The van der Waals surface area contributed by atoms with Crippen molar-refractivity contribution in [2.45, 2.75) is 64.6 Å². The lowest BCUT2D eigenvalue weighted by molar-refractivity contribution is -0.140. The van der Waals surface area contributed by atoms with E-state index in [9.17, 15) is 18.0 Å². The van der Waals surface area contributed by atoms with Gasteiger partial charge in [0.2, 0.25) is 11.8 Å². The number of nitrogens with one attached hydrogen (secondary N) is 1. The highest BCUT2D eigenvalue weighted by molar-refractivity contribution is 7.92. The van der Waals surface area contributed by atoms with Gasteiger partial charge in [-0.15, -0.1) is 0 Å². The minimum atomic E-state index is -4.20. The van der Waals surface area contributed by atoms with Crippen molar-refractivity contribution in [3.05, 3.63) is 93.5 Å². The number of carbonyl (C=O) groups is 2. The van der Waals surface area contributed by atoms with Crippen LogP contribution in [0.5, 0.6) is 0 Å². The molecule has 40 heavy (non-hydrogen) atoms. The van der Waals surface area contributed by atoms with E-state index in [1.165, 1.54) is 35.2 Å². The number of sulfonamides is 1. The molecule has 3 rings (SSSR count). The average Bonchev–Trinajstić information content (AvgIpc) is 2.87. The molecule has 3 aromatic carbocycles. The van der Waals surface area contributed by atoms with E-state index in [-0.39, 0.29) is 33.1 Å². The Hall–Kier alpha value is -3.07. The molecule has 1 unspecified atom stereocenters. The normalized spacial score (nSPS) is 12.5. The second-order valence-electron chi connectivity index (χ2n) is 10.8. The molecular formula is C30H35Cl2N3O4S. The van der Waals surface area contributed by atoms with Crippen molar-refractivity contribution < 1.29 is 18.0 Å².